The Hall–Kier alpha value is -4.54. The van der Waals surface area contributed by atoms with Gasteiger partial charge in [0, 0.05) is 68.5 Å². The number of pyridine rings is 1. The van der Waals surface area contributed by atoms with Gasteiger partial charge >= 0.3 is 0 Å². The van der Waals surface area contributed by atoms with Gasteiger partial charge in [-0.25, -0.2) is 9.58 Å². The van der Waals surface area contributed by atoms with E-state index >= 15 is 0 Å². The molecule has 0 spiro atoms. The molecule has 0 saturated carbocycles. The van der Waals surface area contributed by atoms with Crippen LogP contribution in [0.15, 0.2) is 115 Å². The van der Waals surface area contributed by atoms with Gasteiger partial charge in [-0.3, -0.25) is 0 Å². The zero-order valence-electron chi connectivity index (χ0n) is 35.1. The fourth-order valence-electron chi connectivity index (χ4n) is 8.47. The van der Waals surface area contributed by atoms with E-state index in [0.717, 1.165) is 33.3 Å². The minimum atomic E-state index is -0.125. The molecule has 9 rings (SSSR count). The molecule has 2 atom stereocenters. The minimum Gasteiger partial charge on any atom is -0.509 e. The molecule has 57 heavy (non-hydrogen) atoms. The number of fused-ring (bicyclic) bond motifs is 7. The van der Waals surface area contributed by atoms with Crippen molar-refractivity contribution in [1.82, 2.24) is 18.7 Å². The molecule has 5 aromatic carbocycles. The molecular weight excluding hydrogens is 880 g/mol. The molecule has 0 bridgehead atoms. The van der Waals surface area contributed by atoms with Crippen LogP contribution >= 0.6 is 0 Å². The Morgan fingerprint density at radius 2 is 1.28 bits per heavy atom. The van der Waals surface area contributed by atoms with Crippen LogP contribution in [0.4, 0.5) is 22.7 Å². The molecule has 2 aliphatic rings. The maximum atomic E-state index is 6.87. The third kappa shape index (κ3) is 5.87. The molecule has 1 fully saturated rings. The van der Waals surface area contributed by atoms with Gasteiger partial charge in [0.1, 0.15) is 5.82 Å². The zero-order chi connectivity index (χ0) is 39.6. The predicted molar refractivity (Wildman–Crippen MR) is 233 cm³/mol. The van der Waals surface area contributed by atoms with Gasteiger partial charge in [0.05, 0.1) is 5.69 Å². The number of para-hydroxylation sites is 3. The first kappa shape index (κ1) is 39.3. The van der Waals surface area contributed by atoms with Crippen molar-refractivity contribution in [3.63, 3.8) is 0 Å². The summed E-state index contributed by atoms with van der Waals surface area (Å²) in [7, 11) is 0. The Kier molecular flexibility index (Phi) is 8.95. The van der Waals surface area contributed by atoms with Crippen LogP contribution in [0.1, 0.15) is 92.9 Å². The standard InChI is InChI=1S/C51H53N4O.Pt/c1-48(2,3)34-17-16-18-37(27-34)54-33-55(54,46-22-15-14-21-45(46)54)38-28-36(49(4,5)6)29-40(31-38)56-39-23-24-42-41-19-12-13-20-43(41)53(44(42)32-39)47-30-35(25-26-52-47)51(10,11)50(7,8)9;/h12-30,33H,1-11H3;/q-1;/t54-,55?;/m0./s1. The van der Waals surface area contributed by atoms with Crippen molar-refractivity contribution in [2.24, 2.45) is 5.41 Å². The van der Waals surface area contributed by atoms with Crippen molar-refractivity contribution in [3.8, 4) is 17.3 Å². The van der Waals surface area contributed by atoms with E-state index in [-0.39, 0.29) is 42.7 Å². The van der Waals surface area contributed by atoms with Crippen LogP contribution in [-0.2, 0) is 37.3 Å². The number of aromatic nitrogens is 2. The van der Waals surface area contributed by atoms with E-state index in [1.165, 1.54) is 33.8 Å². The third-order valence-corrected chi connectivity index (χ3v) is 12.9. The van der Waals surface area contributed by atoms with Gasteiger partial charge in [-0.05, 0) is 56.4 Å². The van der Waals surface area contributed by atoms with E-state index in [0.29, 0.717) is 20.7 Å². The first-order valence-corrected chi connectivity index (χ1v) is 19.9. The smallest absolute Gasteiger partial charge is 0.225 e. The maximum Gasteiger partial charge on any atom is 0.225 e. The van der Waals surface area contributed by atoms with Gasteiger partial charge in [-0.15, -0.1) is 35.2 Å². The average Bonchev–Trinajstić information content (AvgIpc) is 3.64. The van der Waals surface area contributed by atoms with Crippen LogP contribution in [-0.4, -0.2) is 9.55 Å². The van der Waals surface area contributed by atoms with Crippen LogP contribution < -0.4 is 13.9 Å². The van der Waals surface area contributed by atoms with Crippen molar-refractivity contribution >= 4 is 44.6 Å². The summed E-state index contributed by atoms with van der Waals surface area (Å²) >= 11 is 0. The number of hydrogen-bond acceptors (Lipinski definition) is 2. The number of rotatable bonds is 6. The number of ether oxygens (including phenoxy) is 1. The first-order valence-electron chi connectivity index (χ1n) is 19.9. The van der Waals surface area contributed by atoms with E-state index in [1.807, 2.05) is 12.3 Å². The second-order valence-electron chi connectivity index (χ2n) is 19.5. The van der Waals surface area contributed by atoms with E-state index < -0.39 is 0 Å². The summed E-state index contributed by atoms with van der Waals surface area (Å²) in [6.45, 7) is 27.6. The summed E-state index contributed by atoms with van der Waals surface area (Å²) in [6, 6.07) is 47.0. The van der Waals surface area contributed by atoms with Gasteiger partial charge in [-0.1, -0.05) is 130 Å². The normalized spacial score (nSPS) is 19.1. The SMILES string of the molecule is CC(C)(C)c1cc(Oc2[c-]c3c(cc2)c2ccccc2n3-c2cc(C(C)(C)C(C)(C)C)ccn2)[c-]c([N+]23[CH-][N@+]2(c2cccc(C(C)(C)C)c2)c2ccccc23)c1.[Pt]. The molecule has 0 N–H and O–H groups in total. The Balaban J connectivity index is 0.00000455. The molecule has 1 unspecified atom stereocenters. The molecule has 1 saturated heterocycles. The Bertz CT molecular complexity index is 2710. The number of benzene rings is 5. The molecule has 5 nitrogen and oxygen atoms in total. The van der Waals surface area contributed by atoms with Crippen LogP contribution in [0.2, 0.25) is 0 Å². The van der Waals surface area contributed by atoms with Crippen LogP contribution in [0.25, 0.3) is 27.6 Å². The molecule has 7 aromatic rings. The van der Waals surface area contributed by atoms with Crippen LogP contribution in [0.5, 0.6) is 11.5 Å². The van der Waals surface area contributed by atoms with Crippen molar-refractivity contribution in [1.29, 1.82) is 0 Å². The third-order valence-electron chi connectivity index (χ3n) is 12.9. The summed E-state index contributed by atoms with van der Waals surface area (Å²) in [5.74, 6) is 2.19. The van der Waals surface area contributed by atoms with E-state index in [1.54, 1.807) is 0 Å². The molecule has 4 heterocycles. The molecule has 2 aliphatic heterocycles. The summed E-state index contributed by atoms with van der Waals surface area (Å²) in [6.07, 6.45) is 1.94. The van der Waals surface area contributed by atoms with Gasteiger partial charge in [-0.2, -0.15) is 10.7 Å². The van der Waals surface area contributed by atoms with Crippen LogP contribution in [0.3, 0.4) is 0 Å². The quantitative estimate of drug-likeness (QED) is 0.0944. The monoisotopic (exact) mass is 932 g/mol. The molecule has 0 aliphatic carbocycles. The average molecular weight is 933 g/mol. The fourth-order valence-corrected chi connectivity index (χ4v) is 8.47. The van der Waals surface area contributed by atoms with Gasteiger partial charge in [0.25, 0.3) is 0 Å². The van der Waals surface area contributed by atoms with E-state index in [9.17, 15) is 0 Å². The Morgan fingerprint density at radius 1 is 0.596 bits per heavy atom. The largest absolute Gasteiger partial charge is 0.509 e. The van der Waals surface area contributed by atoms with E-state index in [4.69, 9.17) is 9.72 Å². The van der Waals surface area contributed by atoms with E-state index in [2.05, 4.69) is 203 Å². The molecule has 294 valence electrons. The van der Waals surface area contributed by atoms with Gasteiger partial charge < -0.3 is 9.30 Å². The summed E-state index contributed by atoms with van der Waals surface area (Å²) < 4.78 is 10.3. The van der Waals surface area contributed by atoms with Crippen molar-refractivity contribution in [2.75, 3.05) is 0 Å². The summed E-state index contributed by atoms with van der Waals surface area (Å²) in [5, 5.41) is 2.27. The van der Waals surface area contributed by atoms with Crippen LogP contribution in [0, 0.1) is 24.2 Å². The molecule has 0 radical (unpaired) electrons. The molecule has 2 aromatic heterocycles. The second kappa shape index (κ2) is 13.0. The number of nitrogens with zero attached hydrogens (tertiary/aromatic N) is 4. The zero-order valence-corrected chi connectivity index (χ0v) is 37.3. The Morgan fingerprint density at radius 3 is 1.98 bits per heavy atom. The topological polar surface area (TPSA) is 27.1 Å². The molecule has 6 heteroatoms. The predicted octanol–water partition coefficient (Wildman–Crippen LogP) is 13.8. The van der Waals surface area contributed by atoms with Gasteiger partial charge in [0.2, 0.25) is 11.4 Å². The van der Waals surface area contributed by atoms with Crippen molar-refractivity contribution in [3.05, 3.63) is 151 Å². The fraction of sp³-hybridized carbons (Fsp3) is 0.294. The van der Waals surface area contributed by atoms with Gasteiger partial charge in [0.15, 0.2) is 12.4 Å². The summed E-state index contributed by atoms with van der Waals surface area (Å²) in [5.41, 5.74) is 10.6. The summed E-state index contributed by atoms with van der Waals surface area (Å²) in [4.78, 5) is 4.95. The molecular formula is C51H53N4OPt-. The number of quaternary nitrogens is 2. The van der Waals surface area contributed by atoms with Crippen molar-refractivity contribution in [2.45, 2.75) is 92.4 Å². The maximum absolute atomic E-state index is 6.87. The Labute approximate surface area is 353 Å². The first-order chi connectivity index (χ1) is 26.4. The van der Waals surface area contributed by atoms with Crippen molar-refractivity contribution < 1.29 is 25.8 Å². The minimum absolute atomic E-state index is 0. The number of hydrogen-bond donors (Lipinski definition) is 0. The molecule has 0 amide bonds. The second-order valence-corrected chi connectivity index (χ2v) is 19.5.